The zero-order valence-electron chi connectivity index (χ0n) is 18.3. The van der Waals surface area contributed by atoms with Crippen LogP contribution in [0.25, 0.3) is 0 Å². The number of amides is 3. The van der Waals surface area contributed by atoms with Gasteiger partial charge in [-0.3, -0.25) is 14.4 Å². The molecule has 0 spiro atoms. The smallest absolute Gasteiger partial charge is 0.329 e. The third-order valence-corrected chi connectivity index (χ3v) is 4.62. The number of methoxy groups -OCH3 is 1. The van der Waals surface area contributed by atoms with Crippen molar-refractivity contribution in [3.8, 4) is 11.5 Å². The van der Waals surface area contributed by atoms with Gasteiger partial charge in [-0.05, 0) is 55.3 Å². The van der Waals surface area contributed by atoms with Gasteiger partial charge in [-0.15, -0.1) is 0 Å². The fraction of sp³-hybridized carbons (Fsp3) is 0.273. The lowest BCUT2D eigenvalue weighted by molar-refractivity contribution is -0.139. The molecule has 3 amide bonds. The van der Waals surface area contributed by atoms with E-state index in [9.17, 15) is 18.8 Å². The molecule has 0 fully saturated rings. The molecule has 0 unspecified atom stereocenters. The van der Waals surface area contributed by atoms with Crippen molar-refractivity contribution in [3.05, 3.63) is 52.8 Å². The number of halogens is 2. The maximum Gasteiger partial charge on any atom is 0.329 e. The lowest BCUT2D eigenvalue weighted by Crippen LogP contribution is -2.41. The van der Waals surface area contributed by atoms with Gasteiger partial charge in [0, 0.05) is 11.7 Å². The highest BCUT2D eigenvalue weighted by Gasteiger charge is 2.14. The van der Waals surface area contributed by atoms with Gasteiger partial charge in [0.25, 0.3) is 5.91 Å². The summed E-state index contributed by atoms with van der Waals surface area (Å²) < 4.78 is 23.9. The molecule has 0 aromatic heterocycles. The lowest BCUT2D eigenvalue weighted by atomic mass is 10.2. The van der Waals surface area contributed by atoms with Gasteiger partial charge >= 0.3 is 11.8 Å². The number of nitrogens with zero attached hydrogens (tertiary/aromatic N) is 1. The Labute approximate surface area is 195 Å². The van der Waals surface area contributed by atoms with Crippen LogP contribution in [-0.2, 0) is 14.4 Å². The molecule has 3 N–H and O–H groups in total. The Hall–Kier alpha value is -3.66. The summed E-state index contributed by atoms with van der Waals surface area (Å²) in [4.78, 5) is 35.5. The highest BCUT2D eigenvalue weighted by Crippen LogP contribution is 2.27. The summed E-state index contributed by atoms with van der Waals surface area (Å²) >= 11 is 5.69. The average molecular weight is 479 g/mol. The number of anilines is 1. The second-order valence-corrected chi connectivity index (χ2v) is 7.27. The van der Waals surface area contributed by atoms with Gasteiger partial charge < -0.3 is 20.1 Å². The van der Waals surface area contributed by atoms with Crippen molar-refractivity contribution in [2.24, 2.45) is 5.10 Å². The van der Waals surface area contributed by atoms with Crippen molar-refractivity contribution in [1.29, 1.82) is 0 Å². The van der Waals surface area contributed by atoms with E-state index >= 15 is 0 Å². The van der Waals surface area contributed by atoms with Crippen LogP contribution in [0, 0.1) is 5.82 Å². The standard InChI is InChI=1S/C22H24ClFN4O5/c1-4-13(2)26-21(30)22(31)28-25-11-14-5-8-18(19(9-14)32-3)33-12-20(29)27-15-6-7-17(24)16(23)10-15/h5-11,13H,4,12H2,1-3H3,(H,26,30)(H,27,29)(H,28,31)/b25-11-/t13-/m1/s1. The summed E-state index contributed by atoms with van der Waals surface area (Å²) in [6, 6.07) is 8.42. The molecule has 176 valence electrons. The third-order valence-electron chi connectivity index (χ3n) is 4.33. The van der Waals surface area contributed by atoms with Gasteiger partial charge in [-0.1, -0.05) is 18.5 Å². The van der Waals surface area contributed by atoms with Crippen molar-refractivity contribution < 1.29 is 28.2 Å². The molecular weight excluding hydrogens is 455 g/mol. The Kier molecular flexibility index (Phi) is 9.62. The molecule has 33 heavy (non-hydrogen) atoms. The van der Waals surface area contributed by atoms with Crippen LogP contribution >= 0.6 is 11.6 Å². The molecule has 0 saturated carbocycles. The first-order chi connectivity index (χ1) is 15.7. The minimum Gasteiger partial charge on any atom is -0.493 e. The molecule has 2 rings (SSSR count). The quantitative estimate of drug-likeness (QED) is 0.291. The monoisotopic (exact) mass is 478 g/mol. The average Bonchev–Trinajstić information content (AvgIpc) is 2.80. The molecule has 0 heterocycles. The van der Waals surface area contributed by atoms with Gasteiger partial charge in [-0.25, -0.2) is 9.82 Å². The van der Waals surface area contributed by atoms with Crippen LogP contribution in [0.2, 0.25) is 5.02 Å². The SMILES string of the molecule is CC[C@@H](C)NC(=O)C(=O)N/N=C\c1ccc(OCC(=O)Nc2ccc(F)c(Cl)c2)c(OC)c1. The summed E-state index contributed by atoms with van der Waals surface area (Å²) in [7, 11) is 1.42. The van der Waals surface area contributed by atoms with Gasteiger partial charge in [-0.2, -0.15) is 5.10 Å². The fourth-order valence-corrected chi connectivity index (χ4v) is 2.59. The minimum absolute atomic E-state index is 0.111. The molecule has 0 saturated heterocycles. The van der Waals surface area contributed by atoms with E-state index in [4.69, 9.17) is 21.1 Å². The number of carbonyl (C=O) groups excluding carboxylic acids is 3. The van der Waals surface area contributed by atoms with Crippen LogP contribution < -0.4 is 25.5 Å². The van der Waals surface area contributed by atoms with E-state index < -0.39 is 23.5 Å². The number of ether oxygens (including phenoxy) is 2. The zero-order valence-corrected chi connectivity index (χ0v) is 19.0. The molecule has 0 aliphatic carbocycles. The summed E-state index contributed by atoms with van der Waals surface area (Å²) in [5, 5.41) is 8.71. The van der Waals surface area contributed by atoms with Gasteiger partial charge in [0.1, 0.15) is 5.82 Å². The van der Waals surface area contributed by atoms with E-state index in [1.165, 1.54) is 25.5 Å². The first kappa shape index (κ1) is 25.6. The first-order valence-electron chi connectivity index (χ1n) is 9.93. The van der Waals surface area contributed by atoms with Crippen LogP contribution in [0.15, 0.2) is 41.5 Å². The molecule has 0 aliphatic heterocycles. The van der Waals surface area contributed by atoms with E-state index in [2.05, 4.69) is 21.2 Å². The second-order valence-electron chi connectivity index (χ2n) is 6.86. The Balaban J connectivity index is 1.92. The number of nitrogens with one attached hydrogen (secondary N) is 3. The summed E-state index contributed by atoms with van der Waals surface area (Å²) in [5.41, 5.74) is 3.02. The van der Waals surface area contributed by atoms with Crippen LogP contribution in [-0.4, -0.2) is 43.7 Å². The van der Waals surface area contributed by atoms with E-state index in [1.807, 2.05) is 6.92 Å². The summed E-state index contributed by atoms with van der Waals surface area (Å²) in [5.74, 6) is -2.12. The fourth-order valence-electron chi connectivity index (χ4n) is 2.41. The number of benzene rings is 2. The molecule has 0 radical (unpaired) electrons. The normalized spacial score (nSPS) is 11.5. The minimum atomic E-state index is -0.882. The Bertz CT molecular complexity index is 1050. The second kappa shape index (κ2) is 12.4. The van der Waals surface area contributed by atoms with Gasteiger partial charge in [0.15, 0.2) is 18.1 Å². The van der Waals surface area contributed by atoms with Crippen LogP contribution in [0.3, 0.4) is 0 Å². The Morgan fingerprint density at radius 1 is 1.15 bits per heavy atom. The molecule has 2 aromatic carbocycles. The molecule has 0 bridgehead atoms. The highest BCUT2D eigenvalue weighted by atomic mass is 35.5. The van der Waals surface area contributed by atoms with Crippen LogP contribution in [0.4, 0.5) is 10.1 Å². The lowest BCUT2D eigenvalue weighted by Gasteiger charge is -2.12. The number of hydrogen-bond donors (Lipinski definition) is 3. The Morgan fingerprint density at radius 2 is 1.91 bits per heavy atom. The maximum absolute atomic E-state index is 13.2. The van der Waals surface area contributed by atoms with Crippen molar-refractivity contribution in [2.45, 2.75) is 26.3 Å². The number of carbonyl (C=O) groups is 3. The summed E-state index contributed by atoms with van der Waals surface area (Å²) in [6.07, 6.45) is 2.02. The Morgan fingerprint density at radius 3 is 2.58 bits per heavy atom. The third kappa shape index (κ3) is 8.08. The molecule has 0 aliphatic rings. The molecule has 1 atom stereocenters. The van der Waals surface area contributed by atoms with E-state index in [1.54, 1.807) is 25.1 Å². The van der Waals surface area contributed by atoms with Crippen molar-refractivity contribution in [3.63, 3.8) is 0 Å². The topological polar surface area (TPSA) is 118 Å². The maximum atomic E-state index is 13.2. The van der Waals surface area contributed by atoms with Crippen molar-refractivity contribution in [1.82, 2.24) is 10.7 Å². The van der Waals surface area contributed by atoms with E-state index in [0.29, 0.717) is 29.2 Å². The predicted octanol–water partition coefficient (Wildman–Crippen LogP) is 2.87. The van der Waals surface area contributed by atoms with Gasteiger partial charge in [0.05, 0.1) is 18.3 Å². The van der Waals surface area contributed by atoms with E-state index in [0.717, 1.165) is 6.07 Å². The van der Waals surface area contributed by atoms with Crippen molar-refractivity contribution in [2.75, 3.05) is 19.0 Å². The van der Waals surface area contributed by atoms with E-state index in [-0.39, 0.29) is 17.7 Å². The van der Waals surface area contributed by atoms with Crippen LogP contribution in [0.1, 0.15) is 25.8 Å². The molecular formula is C22H24ClFN4O5. The van der Waals surface area contributed by atoms with Crippen molar-refractivity contribution >= 4 is 41.2 Å². The van der Waals surface area contributed by atoms with Gasteiger partial charge in [0.2, 0.25) is 0 Å². The number of rotatable bonds is 9. The first-order valence-corrected chi connectivity index (χ1v) is 10.3. The highest BCUT2D eigenvalue weighted by molar-refractivity contribution is 6.35. The largest absolute Gasteiger partial charge is 0.493 e. The number of hydrogen-bond acceptors (Lipinski definition) is 6. The van der Waals surface area contributed by atoms with Crippen LogP contribution in [0.5, 0.6) is 11.5 Å². The predicted molar refractivity (Wildman–Crippen MR) is 122 cm³/mol. The molecule has 9 nitrogen and oxygen atoms in total. The molecule has 11 heteroatoms. The molecule has 2 aromatic rings. The number of hydrazone groups is 1. The summed E-state index contributed by atoms with van der Waals surface area (Å²) in [6.45, 7) is 3.34. The zero-order chi connectivity index (χ0) is 24.4.